The zero-order valence-corrected chi connectivity index (χ0v) is 14.7. The SMILES string of the molecule is COc1ccccc1N1C[C@H](C(=O)Oc2ccc(Br)cc2)CC1=O. The second kappa shape index (κ2) is 7.05. The molecular weight excluding hydrogens is 374 g/mol. The fourth-order valence-electron chi connectivity index (χ4n) is 2.65. The minimum absolute atomic E-state index is 0.114. The van der Waals surface area contributed by atoms with Crippen molar-refractivity contribution < 1.29 is 19.1 Å². The maximum atomic E-state index is 12.3. The molecule has 0 saturated carbocycles. The molecule has 124 valence electrons. The topological polar surface area (TPSA) is 55.8 Å². The number of anilines is 1. The molecule has 2 aromatic rings. The van der Waals surface area contributed by atoms with Crippen molar-refractivity contribution in [1.29, 1.82) is 0 Å². The number of carbonyl (C=O) groups excluding carboxylic acids is 2. The Bertz CT molecular complexity index is 760. The van der Waals surface area contributed by atoms with Crippen molar-refractivity contribution in [2.75, 3.05) is 18.6 Å². The second-order valence-corrected chi connectivity index (χ2v) is 6.37. The van der Waals surface area contributed by atoms with Crippen LogP contribution in [0.15, 0.2) is 53.0 Å². The molecule has 1 heterocycles. The molecule has 0 unspecified atom stereocenters. The van der Waals surface area contributed by atoms with E-state index in [9.17, 15) is 9.59 Å². The van der Waals surface area contributed by atoms with E-state index in [4.69, 9.17) is 9.47 Å². The normalized spacial score (nSPS) is 17.0. The highest BCUT2D eigenvalue weighted by Crippen LogP contribution is 2.33. The zero-order chi connectivity index (χ0) is 17.1. The van der Waals surface area contributed by atoms with Gasteiger partial charge in [0.2, 0.25) is 5.91 Å². The lowest BCUT2D eigenvalue weighted by molar-refractivity contribution is -0.139. The molecule has 6 heteroatoms. The van der Waals surface area contributed by atoms with Gasteiger partial charge in [-0.15, -0.1) is 0 Å². The van der Waals surface area contributed by atoms with E-state index >= 15 is 0 Å². The van der Waals surface area contributed by atoms with E-state index in [-0.39, 0.29) is 18.9 Å². The Morgan fingerprint density at radius 1 is 1.17 bits per heavy atom. The largest absolute Gasteiger partial charge is 0.495 e. The molecular formula is C18H16BrNO4. The van der Waals surface area contributed by atoms with Gasteiger partial charge >= 0.3 is 5.97 Å². The van der Waals surface area contributed by atoms with E-state index in [1.165, 1.54) is 0 Å². The first-order valence-electron chi connectivity index (χ1n) is 7.49. The van der Waals surface area contributed by atoms with Crippen molar-refractivity contribution in [2.24, 2.45) is 5.92 Å². The van der Waals surface area contributed by atoms with Gasteiger partial charge in [-0.3, -0.25) is 9.59 Å². The molecule has 5 nitrogen and oxygen atoms in total. The van der Waals surface area contributed by atoms with Crippen molar-refractivity contribution >= 4 is 33.5 Å². The van der Waals surface area contributed by atoms with Crippen molar-refractivity contribution in [1.82, 2.24) is 0 Å². The number of carbonyl (C=O) groups is 2. The fraction of sp³-hybridized carbons (Fsp3) is 0.222. The molecule has 2 aromatic carbocycles. The van der Waals surface area contributed by atoms with Gasteiger partial charge in [-0.1, -0.05) is 28.1 Å². The summed E-state index contributed by atoms with van der Waals surface area (Å²) in [6.45, 7) is 0.286. The molecule has 1 amide bonds. The van der Waals surface area contributed by atoms with Crippen LogP contribution >= 0.6 is 15.9 Å². The third kappa shape index (κ3) is 3.43. The highest BCUT2D eigenvalue weighted by molar-refractivity contribution is 9.10. The quantitative estimate of drug-likeness (QED) is 0.593. The van der Waals surface area contributed by atoms with E-state index in [0.29, 0.717) is 17.2 Å². The number of rotatable bonds is 4. The summed E-state index contributed by atoms with van der Waals surface area (Å²) in [7, 11) is 1.55. The predicted molar refractivity (Wildman–Crippen MR) is 93.2 cm³/mol. The number of methoxy groups -OCH3 is 1. The van der Waals surface area contributed by atoms with Gasteiger partial charge in [-0.05, 0) is 36.4 Å². The summed E-state index contributed by atoms with van der Waals surface area (Å²) < 4.78 is 11.6. The summed E-state index contributed by atoms with van der Waals surface area (Å²) in [5.41, 5.74) is 0.670. The van der Waals surface area contributed by atoms with Crippen LogP contribution in [-0.2, 0) is 9.59 Å². The molecule has 0 spiro atoms. The van der Waals surface area contributed by atoms with E-state index < -0.39 is 11.9 Å². The molecule has 3 rings (SSSR count). The predicted octanol–water partition coefficient (Wildman–Crippen LogP) is 3.42. The van der Waals surface area contributed by atoms with Crippen LogP contribution < -0.4 is 14.4 Å². The summed E-state index contributed by atoms with van der Waals surface area (Å²) in [4.78, 5) is 26.2. The highest BCUT2D eigenvalue weighted by Gasteiger charge is 2.37. The van der Waals surface area contributed by atoms with Gasteiger partial charge in [-0.2, -0.15) is 0 Å². The maximum absolute atomic E-state index is 12.3. The van der Waals surface area contributed by atoms with Crippen LogP contribution in [0.1, 0.15) is 6.42 Å². The van der Waals surface area contributed by atoms with Crippen LogP contribution in [0.4, 0.5) is 5.69 Å². The van der Waals surface area contributed by atoms with E-state index in [0.717, 1.165) is 4.47 Å². The molecule has 1 saturated heterocycles. The monoisotopic (exact) mass is 389 g/mol. The fourth-order valence-corrected chi connectivity index (χ4v) is 2.92. The maximum Gasteiger partial charge on any atom is 0.316 e. The standard InChI is InChI=1S/C18H16BrNO4/c1-23-16-5-3-2-4-15(16)20-11-12(10-17(20)21)18(22)24-14-8-6-13(19)7-9-14/h2-9,12H,10-11H2,1H3/t12-/m1/s1. The van der Waals surface area contributed by atoms with Crippen molar-refractivity contribution in [3.8, 4) is 11.5 Å². The first-order chi connectivity index (χ1) is 11.6. The number of halogens is 1. The van der Waals surface area contributed by atoms with Gasteiger partial charge in [0, 0.05) is 17.4 Å². The molecule has 0 bridgehead atoms. The molecule has 24 heavy (non-hydrogen) atoms. The zero-order valence-electron chi connectivity index (χ0n) is 13.1. The third-order valence-corrected chi connectivity index (χ3v) is 4.40. The van der Waals surface area contributed by atoms with Crippen LogP contribution in [0.2, 0.25) is 0 Å². The van der Waals surface area contributed by atoms with E-state index in [1.54, 1.807) is 48.4 Å². The van der Waals surface area contributed by atoms with Gasteiger partial charge in [-0.25, -0.2) is 0 Å². The molecule has 0 radical (unpaired) electrons. The number of nitrogens with zero attached hydrogens (tertiary/aromatic N) is 1. The smallest absolute Gasteiger partial charge is 0.316 e. The van der Waals surface area contributed by atoms with Crippen molar-refractivity contribution in [3.63, 3.8) is 0 Å². The van der Waals surface area contributed by atoms with Crippen LogP contribution in [0.3, 0.4) is 0 Å². The Hall–Kier alpha value is -2.34. The number of hydrogen-bond donors (Lipinski definition) is 0. The van der Waals surface area contributed by atoms with Crippen LogP contribution in [0.5, 0.6) is 11.5 Å². The third-order valence-electron chi connectivity index (χ3n) is 3.87. The molecule has 0 N–H and O–H groups in total. The van der Waals surface area contributed by atoms with Crippen LogP contribution in [0, 0.1) is 5.92 Å². The number of benzene rings is 2. The average Bonchev–Trinajstić information content (AvgIpc) is 2.98. The van der Waals surface area contributed by atoms with Gasteiger partial charge < -0.3 is 14.4 Å². The number of esters is 1. The number of ether oxygens (including phenoxy) is 2. The molecule has 1 atom stereocenters. The first-order valence-corrected chi connectivity index (χ1v) is 8.28. The van der Waals surface area contributed by atoms with Gasteiger partial charge in [0.25, 0.3) is 0 Å². The summed E-state index contributed by atoms with van der Waals surface area (Å²) in [5, 5.41) is 0. The van der Waals surface area contributed by atoms with E-state index in [2.05, 4.69) is 15.9 Å². The summed E-state index contributed by atoms with van der Waals surface area (Å²) in [6, 6.07) is 14.3. The average molecular weight is 390 g/mol. The Balaban J connectivity index is 1.72. The molecule has 0 aliphatic carbocycles. The van der Waals surface area contributed by atoms with E-state index in [1.807, 2.05) is 12.1 Å². The number of amides is 1. The number of para-hydroxylation sites is 2. The lowest BCUT2D eigenvalue weighted by Gasteiger charge is -2.19. The molecule has 1 fully saturated rings. The van der Waals surface area contributed by atoms with Gasteiger partial charge in [0.15, 0.2) is 0 Å². The molecule has 1 aliphatic heterocycles. The summed E-state index contributed by atoms with van der Waals surface area (Å²) in [5.74, 6) is 0.0607. The van der Waals surface area contributed by atoms with Gasteiger partial charge in [0.05, 0.1) is 18.7 Å². The lowest BCUT2D eigenvalue weighted by atomic mass is 10.1. The highest BCUT2D eigenvalue weighted by atomic mass is 79.9. The van der Waals surface area contributed by atoms with Crippen LogP contribution in [-0.4, -0.2) is 25.5 Å². The second-order valence-electron chi connectivity index (χ2n) is 5.45. The molecule has 0 aromatic heterocycles. The van der Waals surface area contributed by atoms with Crippen molar-refractivity contribution in [2.45, 2.75) is 6.42 Å². The van der Waals surface area contributed by atoms with Gasteiger partial charge in [0.1, 0.15) is 11.5 Å². The first kappa shape index (κ1) is 16.5. The Labute approximate surface area is 148 Å². The Morgan fingerprint density at radius 2 is 1.88 bits per heavy atom. The number of hydrogen-bond acceptors (Lipinski definition) is 4. The minimum Gasteiger partial charge on any atom is -0.495 e. The summed E-state index contributed by atoms with van der Waals surface area (Å²) in [6.07, 6.45) is 0.132. The Kier molecular flexibility index (Phi) is 4.85. The minimum atomic E-state index is -0.494. The Morgan fingerprint density at radius 3 is 2.58 bits per heavy atom. The molecule has 1 aliphatic rings. The van der Waals surface area contributed by atoms with Crippen molar-refractivity contribution in [3.05, 3.63) is 53.0 Å². The lowest BCUT2D eigenvalue weighted by Crippen LogP contribution is -2.27. The van der Waals surface area contributed by atoms with Crippen LogP contribution in [0.25, 0.3) is 0 Å². The summed E-state index contributed by atoms with van der Waals surface area (Å²) >= 11 is 3.33.